The van der Waals surface area contributed by atoms with Gasteiger partial charge in [-0.3, -0.25) is 4.79 Å². The van der Waals surface area contributed by atoms with Gasteiger partial charge in [0.1, 0.15) is 12.3 Å². The van der Waals surface area contributed by atoms with Gasteiger partial charge in [0, 0.05) is 20.1 Å². The second kappa shape index (κ2) is 9.36. The summed E-state index contributed by atoms with van der Waals surface area (Å²) in [6, 6.07) is 16.0. The minimum absolute atomic E-state index is 0.0416. The van der Waals surface area contributed by atoms with Crippen LogP contribution in [0.5, 0.6) is 5.75 Å². The largest absolute Gasteiger partial charge is 0.497 e. The van der Waals surface area contributed by atoms with Gasteiger partial charge in [-0.1, -0.05) is 50.2 Å². The third kappa shape index (κ3) is 5.86. The van der Waals surface area contributed by atoms with Crippen molar-refractivity contribution in [3.05, 3.63) is 65.2 Å². The molecule has 0 aliphatic rings. The molecule has 0 bridgehead atoms. The minimum Gasteiger partial charge on any atom is -0.497 e. The van der Waals surface area contributed by atoms with E-state index in [9.17, 15) is 10.0 Å². The average molecular weight is 356 g/mol. The highest BCUT2D eigenvalue weighted by atomic mass is 16.5. The zero-order valence-corrected chi connectivity index (χ0v) is 16.0. The number of nitrogens with zero attached hydrogens (tertiary/aromatic N) is 2. The monoisotopic (exact) mass is 356 g/mol. The number of methoxy groups -OCH3 is 1. The van der Waals surface area contributed by atoms with Gasteiger partial charge in [0.05, 0.1) is 7.11 Å². The number of carbonyl (C=O) groups excluding carboxylic acids is 1. The summed E-state index contributed by atoms with van der Waals surface area (Å²) in [7, 11) is 3.10. The molecule has 0 fully saturated rings. The van der Waals surface area contributed by atoms with Gasteiger partial charge in [-0.15, -0.1) is 0 Å². The van der Waals surface area contributed by atoms with E-state index in [1.165, 1.54) is 12.6 Å². The highest BCUT2D eigenvalue weighted by Gasteiger charge is 2.16. The summed E-state index contributed by atoms with van der Waals surface area (Å²) in [4.78, 5) is 14.4. The fourth-order valence-corrected chi connectivity index (χ4v) is 2.75. The number of likely N-dealkylation sites (N-methyl/N-ethyl adjacent to an activating group) is 1. The molecule has 26 heavy (non-hydrogen) atoms. The molecule has 0 radical (unpaired) electrons. The van der Waals surface area contributed by atoms with E-state index >= 15 is 0 Å². The number of hydrogen-bond acceptors (Lipinski definition) is 4. The number of ether oxygens (including phenoxy) is 1. The summed E-state index contributed by atoms with van der Waals surface area (Å²) in [6.07, 6.45) is 0. The van der Waals surface area contributed by atoms with Gasteiger partial charge in [0.25, 0.3) is 0 Å². The fraction of sp³-hybridized carbons (Fsp3) is 0.381. The first-order chi connectivity index (χ1) is 12.4. The molecule has 2 aromatic carbocycles. The van der Waals surface area contributed by atoms with Crippen molar-refractivity contribution in [3.8, 4) is 5.75 Å². The molecule has 0 aromatic heterocycles. The lowest BCUT2D eigenvalue weighted by Crippen LogP contribution is -2.37. The van der Waals surface area contributed by atoms with E-state index in [-0.39, 0.29) is 12.5 Å². The molecule has 2 aromatic rings. The zero-order valence-electron chi connectivity index (χ0n) is 16.0. The van der Waals surface area contributed by atoms with Gasteiger partial charge < -0.3 is 14.8 Å². The van der Waals surface area contributed by atoms with E-state index in [2.05, 4.69) is 26.0 Å². The van der Waals surface area contributed by atoms with E-state index in [4.69, 9.17) is 4.74 Å². The first-order valence-electron chi connectivity index (χ1n) is 8.78. The van der Waals surface area contributed by atoms with E-state index in [1.807, 2.05) is 36.4 Å². The van der Waals surface area contributed by atoms with Crippen molar-refractivity contribution in [2.45, 2.75) is 32.9 Å². The number of carbonyl (C=O) groups is 1. The maximum atomic E-state index is 12.6. The summed E-state index contributed by atoms with van der Waals surface area (Å²) >= 11 is 0. The Labute approximate surface area is 155 Å². The van der Waals surface area contributed by atoms with Gasteiger partial charge in [-0.2, -0.15) is 5.06 Å². The van der Waals surface area contributed by atoms with Gasteiger partial charge >= 0.3 is 0 Å². The topological polar surface area (TPSA) is 53.0 Å². The van der Waals surface area contributed by atoms with Crippen molar-refractivity contribution < 1.29 is 14.7 Å². The van der Waals surface area contributed by atoms with Crippen LogP contribution in [0.4, 0.5) is 0 Å². The Bertz CT molecular complexity index is 711. The molecule has 1 amide bonds. The van der Waals surface area contributed by atoms with Crippen LogP contribution in [0.2, 0.25) is 0 Å². The summed E-state index contributed by atoms with van der Waals surface area (Å²) < 4.78 is 5.19. The van der Waals surface area contributed by atoms with Crippen LogP contribution < -0.4 is 4.74 Å². The molecule has 1 N–H and O–H groups in total. The molecule has 140 valence electrons. The lowest BCUT2D eigenvalue weighted by atomic mass is 10.0. The fourth-order valence-electron chi connectivity index (χ4n) is 2.75. The lowest BCUT2D eigenvalue weighted by Gasteiger charge is -2.25. The molecule has 5 nitrogen and oxygen atoms in total. The predicted octanol–water partition coefficient (Wildman–Crippen LogP) is 3.67. The standard InChI is InChI=1S/C21H28N2O3/c1-16(2)19-7-5-6-18(12-19)14-23(21(24)15-22(3)25)13-17-8-10-20(26-4)11-9-17/h5-12,16,25H,13-15H2,1-4H3. The van der Waals surface area contributed by atoms with Gasteiger partial charge in [-0.05, 0) is 34.7 Å². The molecule has 0 atom stereocenters. The van der Waals surface area contributed by atoms with Crippen molar-refractivity contribution in [2.75, 3.05) is 20.7 Å². The van der Waals surface area contributed by atoms with Crippen molar-refractivity contribution >= 4 is 5.91 Å². The first-order valence-corrected chi connectivity index (χ1v) is 8.78. The maximum Gasteiger partial charge on any atom is 0.239 e. The number of hydroxylamine groups is 2. The van der Waals surface area contributed by atoms with Crippen LogP contribution in [0.25, 0.3) is 0 Å². The summed E-state index contributed by atoms with van der Waals surface area (Å²) in [5.41, 5.74) is 3.34. The van der Waals surface area contributed by atoms with Gasteiger partial charge in [-0.25, -0.2) is 0 Å². The van der Waals surface area contributed by atoms with Crippen molar-refractivity contribution in [1.82, 2.24) is 9.96 Å². The molecule has 2 rings (SSSR count). The normalized spacial score (nSPS) is 11.0. The van der Waals surface area contributed by atoms with E-state index in [1.54, 1.807) is 12.0 Å². The third-order valence-corrected chi connectivity index (χ3v) is 4.24. The number of amides is 1. The number of benzene rings is 2. The Hall–Kier alpha value is -2.37. The smallest absolute Gasteiger partial charge is 0.239 e. The first kappa shape index (κ1) is 19.9. The molecule has 0 aliphatic heterocycles. The van der Waals surface area contributed by atoms with E-state index in [0.29, 0.717) is 19.0 Å². The average Bonchev–Trinajstić information content (AvgIpc) is 2.61. The van der Waals surface area contributed by atoms with Gasteiger partial charge in [0.2, 0.25) is 5.91 Å². The van der Waals surface area contributed by atoms with Crippen molar-refractivity contribution in [2.24, 2.45) is 0 Å². The van der Waals surface area contributed by atoms with Crippen LogP contribution >= 0.6 is 0 Å². The SMILES string of the molecule is COc1ccc(CN(Cc2cccc(C(C)C)c2)C(=O)CN(C)O)cc1. The Balaban J connectivity index is 2.19. The molecular formula is C21H28N2O3. The highest BCUT2D eigenvalue weighted by molar-refractivity contribution is 5.78. The quantitative estimate of drug-likeness (QED) is 0.733. The van der Waals surface area contributed by atoms with Crippen LogP contribution in [-0.4, -0.2) is 41.8 Å². The number of hydrogen-bond donors (Lipinski definition) is 1. The zero-order chi connectivity index (χ0) is 19.1. The second-order valence-electron chi connectivity index (χ2n) is 6.81. The van der Waals surface area contributed by atoms with Crippen LogP contribution in [0, 0.1) is 0 Å². The van der Waals surface area contributed by atoms with Crippen molar-refractivity contribution in [3.63, 3.8) is 0 Å². The summed E-state index contributed by atoms with van der Waals surface area (Å²) in [6.45, 7) is 5.24. The van der Waals surface area contributed by atoms with Gasteiger partial charge in [0.15, 0.2) is 0 Å². The summed E-state index contributed by atoms with van der Waals surface area (Å²) in [5.74, 6) is 1.09. The second-order valence-corrected chi connectivity index (χ2v) is 6.81. The molecule has 0 aliphatic carbocycles. The Morgan fingerprint density at radius 2 is 1.73 bits per heavy atom. The predicted molar refractivity (Wildman–Crippen MR) is 102 cm³/mol. The minimum atomic E-state index is -0.124. The maximum absolute atomic E-state index is 12.6. The van der Waals surface area contributed by atoms with Crippen LogP contribution in [0.1, 0.15) is 36.5 Å². The van der Waals surface area contributed by atoms with Crippen molar-refractivity contribution in [1.29, 1.82) is 0 Å². The molecule has 0 spiro atoms. The third-order valence-electron chi connectivity index (χ3n) is 4.24. The molecule has 0 heterocycles. The Morgan fingerprint density at radius 1 is 1.08 bits per heavy atom. The van der Waals surface area contributed by atoms with E-state index < -0.39 is 0 Å². The molecule has 5 heteroatoms. The lowest BCUT2D eigenvalue weighted by molar-refractivity contribution is -0.144. The Kier molecular flexibility index (Phi) is 7.18. The summed E-state index contributed by atoms with van der Waals surface area (Å²) in [5, 5.41) is 10.4. The van der Waals surface area contributed by atoms with Crippen LogP contribution in [0.15, 0.2) is 48.5 Å². The molecule has 0 saturated carbocycles. The highest BCUT2D eigenvalue weighted by Crippen LogP contribution is 2.19. The Morgan fingerprint density at radius 3 is 2.31 bits per heavy atom. The van der Waals surface area contributed by atoms with Crippen LogP contribution in [0.3, 0.4) is 0 Å². The molecular weight excluding hydrogens is 328 g/mol. The van der Waals surface area contributed by atoms with E-state index in [0.717, 1.165) is 21.9 Å². The molecule has 0 saturated heterocycles. The molecule has 0 unspecified atom stereocenters. The van der Waals surface area contributed by atoms with Crippen LogP contribution in [-0.2, 0) is 17.9 Å². The number of rotatable bonds is 8.